The van der Waals surface area contributed by atoms with Crippen molar-refractivity contribution in [1.82, 2.24) is 0 Å². The van der Waals surface area contributed by atoms with Gasteiger partial charge in [-0.2, -0.15) is 0 Å². The van der Waals surface area contributed by atoms with Gasteiger partial charge in [-0.3, -0.25) is 9.59 Å². The molecule has 10 nitrogen and oxygen atoms in total. The fourth-order valence-corrected chi connectivity index (χ4v) is 3.63. The van der Waals surface area contributed by atoms with Crippen LogP contribution in [0.15, 0.2) is 73.3 Å². The number of benzene rings is 2. The summed E-state index contributed by atoms with van der Waals surface area (Å²) in [6, 6.07) is 16.2. The molecule has 1 fully saturated rings. The van der Waals surface area contributed by atoms with Crippen LogP contribution < -0.4 is 0 Å². The molecule has 0 N–H and O–H groups in total. The van der Waals surface area contributed by atoms with Gasteiger partial charge >= 0.3 is 23.9 Å². The predicted octanol–water partition coefficient (Wildman–Crippen LogP) is 2.86. The Morgan fingerprint density at radius 1 is 0.784 bits per heavy atom. The summed E-state index contributed by atoms with van der Waals surface area (Å²) in [5.41, 5.74) is 0.430. The number of hydrogen-bond donors (Lipinski definition) is 0. The summed E-state index contributed by atoms with van der Waals surface area (Å²) in [5, 5.41) is 0. The molecule has 0 saturated carbocycles. The van der Waals surface area contributed by atoms with Gasteiger partial charge in [-0.15, -0.1) is 6.58 Å². The summed E-state index contributed by atoms with van der Waals surface area (Å²) in [7, 11) is 0. The Morgan fingerprint density at radius 2 is 1.32 bits per heavy atom. The third-order valence-electron chi connectivity index (χ3n) is 5.23. The highest BCUT2D eigenvalue weighted by atomic mass is 16.7. The minimum Gasteiger partial charge on any atom is -0.463 e. The van der Waals surface area contributed by atoms with Crippen LogP contribution in [0.25, 0.3) is 0 Å². The van der Waals surface area contributed by atoms with Gasteiger partial charge in [0.2, 0.25) is 0 Å². The Kier molecular flexibility index (Phi) is 9.93. The lowest BCUT2D eigenvalue weighted by Gasteiger charge is -2.44. The van der Waals surface area contributed by atoms with E-state index in [0.29, 0.717) is 0 Å². The molecule has 2 aromatic carbocycles. The molecule has 0 bridgehead atoms. The first-order chi connectivity index (χ1) is 17.8. The van der Waals surface area contributed by atoms with Crippen molar-refractivity contribution < 1.29 is 47.6 Å². The van der Waals surface area contributed by atoms with Crippen molar-refractivity contribution in [3.8, 4) is 0 Å². The number of carbonyl (C=O) groups excluding carboxylic acids is 4. The largest absolute Gasteiger partial charge is 0.463 e. The van der Waals surface area contributed by atoms with Crippen molar-refractivity contribution in [1.29, 1.82) is 0 Å². The minimum absolute atomic E-state index is 0.00343. The summed E-state index contributed by atoms with van der Waals surface area (Å²) in [6.07, 6.45) is -5.00. The van der Waals surface area contributed by atoms with Crippen molar-refractivity contribution in [2.24, 2.45) is 0 Å². The van der Waals surface area contributed by atoms with Gasteiger partial charge in [0.15, 0.2) is 24.6 Å². The standard InChI is InChI=1S/C27H28O10/c1-4-15-32-27-24(34-18(3)29)23(37-26(31)20-13-9-6-10-14-20)22(21(35-27)16-33-17(2)28)36-25(30)19-11-7-5-8-12-19/h4-14,21-24,27H,1,15-16H2,2-3H3/t21-,22-,23+,24+,27+/m1/s1. The maximum absolute atomic E-state index is 13.1. The first kappa shape index (κ1) is 27.6. The molecule has 1 aliphatic rings. The summed E-state index contributed by atoms with van der Waals surface area (Å²) in [6.45, 7) is 5.60. The van der Waals surface area contributed by atoms with E-state index in [4.69, 9.17) is 28.4 Å². The highest BCUT2D eigenvalue weighted by Crippen LogP contribution is 2.31. The number of ether oxygens (including phenoxy) is 6. The third kappa shape index (κ3) is 7.73. The summed E-state index contributed by atoms with van der Waals surface area (Å²) >= 11 is 0. The average Bonchev–Trinajstić information content (AvgIpc) is 2.89. The second-order valence-corrected chi connectivity index (χ2v) is 8.01. The molecule has 196 valence electrons. The lowest BCUT2D eigenvalue weighted by Crippen LogP contribution is -2.63. The zero-order valence-electron chi connectivity index (χ0n) is 20.4. The van der Waals surface area contributed by atoms with Crippen LogP contribution >= 0.6 is 0 Å². The van der Waals surface area contributed by atoms with Crippen molar-refractivity contribution in [2.45, 2.75) is 44.6 Å². The number of esters is 4. The van der Waals surface area contributed by atoms with E-state index in [-0.39, 0.29) is 24.3 Å². The van der Waals surface area contributed by atoms with Gasteiger partial charge in [0.05, 0.1) is 17.7 Å². The maximum atomic E-state index is 13.1. The van der Waals surface area contributed by atoms with Gasteiger partial charge in [-0.1, -0.05) is 42.5 Å². The highest BCUT2D eigenvalue weighted by Gasteiger charge is 2.53. The Hall–Kier alpha value is -4.02. The lowest BCUT2D eigenvalue weighted by molar-refractivity contribution is -0.300. The lowest BCUT2D eigenvalue weighted by atomic mass is 9.97. The van der Waals surface area contributed by atoms with Crippen LogP contribution in [0.2, 0.25) is 0 Å². The maximum Gasteiger partial charge on any atom is 0.338 e. The fourth-order valence-electron chi connectivity index (χ4n) is 3.63. The van der Waals surface area contributed by atoms with Gasteiger partial charge < -0.3 is 28.4 Å². The normalized spacial score (nSPS) is 22.8. The Balaban J connectivity index is 2.02. The van der Waals surface area contributed by atoms with E-state index < -0.39 is 54.6 Å². The predicted molar refractivity (Wildman–Crippen MR) is 128 cm³/mol. The van der Waals surface area contributed by atoms with Crippen LogP contribution in [-0.2, 0) is 38.0 Å². The molecule has 0 aromatic heterocycles. The van der Waals surface area contributed by atoms with E-state index in [0.717, 1.165) is 6.92 Å². The van der Waals surface area contributed by atoms with Crippen molar-refractivity contribution in [3.05, 3.63) is 84.4 Å². The van der Waals surface area contributed by atoms with Crippen molar-refractivity contribution >= 4 is 23.9 Å². The molecule has 2 aromatic rings. The highest BCUT2D eigenvalue weighted by molar-refractivity contribution is 5.90. The summed E-state index contributed by atoms with van der Waals surface area (Å²) in [4.78, 5) is 49.6. The molecule has 0 spiro atoms. The first-order valence-electron chi connectivity index (χ1n) is 11.5. The second kappa shape index (κ2) is 13.3. The van der Waals surface area contributed by atoms with Gasteiger partial charge in [0.25, 0.3) is 0 Å². The summed E-state index contributed by atoms with van der Waals surface area (Å²) < 4.78 is 33.6. The van der Waals surface area contributed by atoms with E-state index in [1.807, 2.05) is 0 Å². The number of carbonyl (C=O) groups is 4. The van der Waals surface area contributed by atoms with E-state index in [9.17, 15) is 19.2 Å². The molecule has 1 aliphatic heterocycles. The van der Waals surface area contributed by atoms with Crippen LogP contribution in [0.4, 0.5) is 0 Å². The monoisotopic (exact) mass is 512 g/mol. The Bertz CT molecular complexity index is 1080. The van der Waals surface area contributed by atoms with Gasteiger partial charge in [-0.25, -0.2) is 9.59 Å². The van der Waals surface area contributed by atoms with Crippen LogP contribution in [0.5, 0.6) is 0 Å². The number of hydrogen-bond acceptors (Lipinski definition) is 10. The van der Waals surface area contributed by atoms with Gasteiger partial charge in [0.1, 0.15) is 12.7 Å². The summed E-state index contributed by atoms with van der Waals surface area (Å²) in [5.74, 6) is -2.85. The van der Waals surface area contributed by atoms with Crippen LogP contribution in [0, 0.1) is 0 Å². The molecule has 37 heavy (non-hydrogen) atoms. The third-order valence-corrected chi connectivity index (χ3v) is 5.23. The van der Waals surface area contributed by atoms with E-state index in [1.54, 1.807) is 36.4 Å². The van der Waals surface area contributed by atoms with Gasteiger partial charge in [0, 0.05) is 13.8 Å². The molecule has 0 amide bonds. The van der Waals surface area contributed by atoms with Crippen LogP contribution in [0.1, 0.15) is 34.6 Å². The van der Waals surface area contributed by atoms with Crippen molar-refractivity contribution in [3.63, 3.8) is 0 Å². The molecule has 5 atom stereocenters. The zero-order valence-corrected chi connectivity index (χ0v) is 20.4. The van der Waals surface area contributed by atoms with E-state index in [1.165, 1.54) is 37.3 Å². The molecule has 10 heteroatoms. The molecule has 3 rings (SSSR count). The Labute approximate surface area is 214 Å². The van der Waals surface area contributed by atoms with Gasteiger partial charge in [-0.05, 0) is 24.3 Å². The smallest absolute Gasteiger partial charge is 0.338 e. The minimum atomic E-state index is -1.38. The SMILES string of the molecule is C=CCO[C@H]1O[C@H](COC(C)=O)[C@@H](OC(=O)c2ccccc2)[C@H](OC(=O)c2ccccc2)[C@@H]1OC(C)=O. The molecular weight excluding hydrogens is 484 g/mol. The van der Waals surface area contributed by atoms with Crippen molar-refractivity contribution in [2.75, 3.05) is 13.2 Å². The molecule has 0 radical (unpaired) electrons. The van der Waals surface area contributed by atoms with E-state index >= 15 is 0 Å². The molecule has 0 aliphatic carbocycles. The van der Waals surface area contributed by atoms with Crippen LogP contribution in [0.3, 0.4) is 0 Å². The van der Waals surface area contributed by atoms with E-state index in [2.05, 4.69) is 6.58 Å². The molecular formula is C27H28O10. The fraction of sp³-hybridized carbons (Fsp3) is 0.333. The average molecular weight is 513 g/mol. The second-order valence-electron chi connectivity index (χ2n) is 8.01. The topological polar surface area (TPSA) is 124 Å². The quantitative estimate of drug-likeness (QED) is 0.267. The zero-order chi connectivity index (χ0) is 26.8. The molecule has 1 heterocycles. The van der Waals surface area contributed by atoms with Crippen LogP contribution in [-0.4, -0.2) is 67.8 Å². The Morgan fingerprint density at radius 3 is 1.81 bits per heavy atom. The first-order valence-corrected chi connectivity index (χ1v) is 11.5. The number of rotatable bonds is 10. The molecule has 0 unspecified atom stereocenters. The molecule has 1 saturated heterocycles.